The number of benzene rings is 1. The van der Waals surface area contributed by atoms with Gasteiger partial charge in [0.2, 0.25) is 0 Å². The van der Waals surface area contributed by atoms with Crippen molar-refractivity contribution < 1.29 is 5.11 Å². The summed E-state index contributed by atoms with van der Waals surface area (Å²) in [5, 5.41) is 9.87. The third-order valence-electron chi connectivity index (χ3n) is 2.50. The topological polar surface area (TPSA) is 46.2 Å². The molecule has 3 heteroatoms. The molecule has 0 fully saturated rings. The minimum Gasteiger partial charge on any atom is -0.391 e. The number of hydrogen-bond donors (Lipinski definition) is 2. The Morgan fingerprint density at radius 3 is 2.80 bits per heavy atom. The van der Waals surface area contributed by atoms with Gasteiger partial charge in [0.15, 0.2) is 0 Å². The summed E-state index contributed by atoms with van der Waals surface area (Å²) in [7, 11) is 0. The van der Waals surface area contributed by atoms with Gasteiger partial charge in [-0.25, -0.2) is 0 Å². The second kappa shape index (κ2) is 6.45. The van der Waals surface area contributed by atoms with Gasteiger partial charge in [0.1, 0.15) is 0 Å². The number of aliphatic hydroxyl groups excluding tert-OH is 1. The van der Waals surface area contributed by atoms with E-state index in [0.29, 0.717) is 0 Å². The number of nitrogens with two attached hydrogens (primary N) is 1. The van der Waals surface area contributed by atoms with Crippen LogP contribution in [0.2, 0.25) is 0 Å². The van der Waals surface area contributed by atoms with E-state index in [1.54, 1.807) is 0 Å². The molecule has 0 saturated heterocycles. The van der Waals surface area contributed by atoms with Gasteiger partial charge >= 0.3 is 0 Å². The first-order valence-electron chi connectivity index (χ1n) is 5.34. The largest absolute Gasteiger partial charge is 0.391 e. The van der Waals surface area contributed by atoms with Crippen LogP contribution in [-0.2, 0) is 0 Å². The summed E-state index contributed by atoms with van der Waals surface area (Å²) in [5.74, 6) is 0. The van der Waals surface area contributed by atoms with Gasteiger partial charge in [0.25, 0.3) is 0 Å². The van der Waals surface area contributed by atoms with E-state index >= 15 is 0 Å². The summed E-state index contributed by atoms with van der Waals surface area (Å²) in [4.78, 5) is 0. The van der Waals surface area contributed by atoms with Crippen molar-refractivity contribution in [2.75, 3.05) is 0 Å². The third-order valence-corrected chi connectivity index (χ3v) is 3.17. The van der Waals surface area contributed by atoms with Crippen LogP contribution < -0.4 is 5.73 Å². The summed E-state index contributed by atoms with van der Waals surface area (Å²) in [6.07, 6.45) is 2.47. The normalized spacial score (nSPS) is 14.9. The van der Waals surface area contributed by atoms with E-state index in [1.165, 1.54) is 0 Å². The lowest BCUT2D eigenvalue weighted by Gasteiger charge is -2.19. The first-order valence-corrected chi connectivity index (χ1v) is 6.42. The van der Waals surface area contributed by atoms with Gasteiger partial charge in [-0.05, 0) is 46.7 Å². The maximum atomic E-state index is 9.87. The van der Waals surface area contributed by atoms with E-state index in [2.05, 4.69) is 29.5 Å². The van der Waals surface area contributed by atoms with Crippen molar-refractivity contribution in [3.63, 3.8) is 0 Å². The molecule has 0 spiro atoms. The molecule has 2 nitrogen and oxygen atoms in total. The average Bonchev–Trinajstić information content (AvgIpc) is 2.24. The molecule has 0 amide bonds. The highest BCUT2D eigenvalue weighted by Gasteiger charge is 2.15. The van der Waals surface area contributed by atoms with E-state index in [4.69, 9.17) is 5.73 Å². The fourth-order valence-electron chi connectivity index (χ4n) is 1.53. The number of unbranched alkanes of at least 4 members (excludes halogenated alkanes) is 1. The Balaban J connectivity index is 2.62. The molecular formula is C12H18INO. The summed E-state index contributed by atoms with van der Waals surface area (Å²) in [5.41, 5.74) is 7.01. The van der Waals surface area contributed by atoms with E-state index in [9.17, 15) is 5.11 Å². The fourth-order valence-corrected chi connectivity index (χ4v) is 2.10. The zero-order valence-corrected chi connectivity index (χ0v) is 11.1. The quantitative estimate of drug-likeness (QED) is 0.820. The molecule has 0 saturated carbocycles. The molecule has 2 atom stereocenters. The molecule has 0 aliphatic carbocycles. The number of hydrogen-bond acceptors (Lipinski definition) is 2. The van der Waals surface area contributed by atoms with Crippen LogP contribution in [-0.4, -0.2) is 11.2 Å². The zero-order valence-electron chi connectivity index (χ0n) is 8.99. The SMILES string of the molecule is CCCC[C@@H](O)[C@@H](N)c1cccc(I)c1. The standard InChI is InChI=1S/C12H18INO/c1-2-3-7-11(15)12(14)9-5-4-6-10(13)8-9/h4-6,8,11-12,15H,2-3,7,14H2,1H3/t11-,12+/m1/s1. The summed E-state index contributed by atoms with van der Waals surface area (Å²) in [6.45, 7) is 2.11. The van der Waals surface area contributed by atoms with E-state index in [1.807, 2.05) is 24.3 Å². The monoisotopic (exact) mass is 319 g/mol. The first kappa shape index (κ1) is 12.9. The van der Waals surface area contributed by atoms with Gasteiger partial charge in [0, 0.05) is 3.57 Å². The molecule has 0 aromatic heterocycles. The lowest BCUT2D eigenvalue weighted by molar-refractivity contribution is 0.132. The first-order chi connectivity index (χ1) is 7.15. The number of rotatable bonds is 5. The lowest BCUT2D eigenvalue weighted by Crippen LogP contribution is -2.26. The van der Waals surface area contributed by atoms with Crippen LogP contribution in [0.3, 0.4) is 0 Å². The third kappa shape index (κ3) is 4.09. The van der Waals surface area contributed by atoms with E-state index < -0.39 is 6.10 Å². The van der Waals surface area contributed by atoms with Crippen LogP contribution in [0.15, 0.2) is 24.3 Å². The van der Waals surface area contributed by atoms with Crippen LogP contribution in [0.1, 0.15) is 37.8 Å². The van der Waals surface area contributed by atoms with Crippen LogP contribution in [0.5, 0.6) is 0 Å². The summed E-state index contributed by atoms with van der Waals surface area (Å²) in [6, 6.07) is 7.74. The lowest BCUT2D eigenvalue weighted by atomic mass is 9.99. The predicted octanol–water partition coefficient (Wildman–Crippen LogP) is 2.84. The minimum absolute atomic E-state index is 0.258. The molecule has 15 heavy (non-hydrogen) atoms. The van der Waals surface area contributed by atoms with Crippen LogP contribution in [0.25, 0.3) is 0 Å². The molecule has 0 aliphatic heterocycles. The van der Waals surface area contributed by atoms with Gasteiger partial charge < -0.3 is 10.8 Å². The zero-order chi connectivity index (χ0) is 11.3. The molecule has 84 valence electrons. The Labute approximate surface area is 105 Å². The molecule has 1 aromatic rings. The van der Waals surface area contributed by atoms with Crippen molar-refractivity contribution in [3.05, 3.63) is 33.4 Å². The van der Waals surface area contributed by atoms with Gasteiger partial charge in [0.05, 0.1) is 12.1 Å². The molecule has 0 unspecified atom stereocenters. The number of aliphatic hydroxyl groups is 1. The maximum Gasteiger partial charge on any atom is 0.0732 e. The number of halogens is 1. The summed E-state index contributed by atoms with van der Waals surface area (Å²) >= 11 is 2.25. The van der Waals surface area contributed by atoms with E-state index in [-0.39, 0.29) is 6.04 Å². The molecular weight excluding hydrogens is 301 g/mol. The second-order valence-electron chi connectivity index (χ2n) is 3.79. The van der Waals surface area contributed by atoms with Crippen LogP contribution in [0.4, 0.5) is 0 Å². The highest BCUT2D eigenvalue weighted by Crippen LogP contribution is 2.19. The molecule has 0 bridgehead atoms. The van der Waals surface area contributed by atoms with Crippen molar-refractivity contribution >= 4 is 22.6 Å². The smallest absolute Gasteiger partial charge is 0.0732 e. The van der Waals surface area contributed by atoms with Crippen molar-refractivity contribution in [2.45, 2.75) is 38.3 Å². The highest BCUT2D eigenvalue weighted by atomic mass is 127. The van der Waals surface area contributed by atoms with Crippen molar-refractivity contribution in [1.82, 2.24) is 0 Å². The molecule has 3 N–H and O–H groups in total. The van der Waals surface area contributed by atoms with Crippen molar-refractivity contribution in [1.29, 1.82) is 0 Å². The van der Waals surface area contributed by atoms with Gasteiger partial charge in [-0.15, -0.1) is 0 Å². The van der Waals surface area contributed by atoms with Crippen molar-refractivity contribution in [3.8, 4) is 0 Å². The van der Waals surface area contributed by atoms with Crippen molar-refractivity contribution in [2.24, 2.45) is 5.73 Å². The Morgan fingerprint density at radius 2 is 2.20 bits per heavy atom. The Kier molecular flexibility index (Phi) is 5.56. The Hall–Kier alpha value is -0.130. The average molecular weight is 319 g/mol. The van der Waals surface area contributed by atoms with Gasteiger partial charge in [-0.2, -0.15) is 0 Å². The molecule has 0 heterocycles. The fraction of sp³-hybridized carbons (Fsp3) is 0.500. The van der Waals surface area contributed by atoms with E-state index in [0.717, 1.165) is 28.4 Å². The summed E-state index contributed by atoms with van der Waals surface area (Å²) < 4.78 is 1.16. The molecule has 1 rings (SSSR count). The van der Waals surface area contributed by atoms with Gasteiger partial charge in [-0.3, -0.25) is 0 Å². The molecule has 1 aromatic carbocycles. The molecule has 0 radical (unpaired) electrons. The molecule has 0 aliphatic rings. The Morgan fingerprint density at radius 1 is 1.47 bits per heavy atom. The Bertz CT molecular complexity index is 303. The minimum atomic E-state index is -0.428. The van der Waals surface area contributed by atoms with Crippen LogP contribution >= 0.6 is 22.6 Å². The second-order valence-corrected chi connectivity index (χ2v) is 5.04. The maximum absolute atomic E-state index is 9.87. The van der Waals surface area contributed by atoms with Crippen LogP contribution in [0, 0.1) is 3.57 Å². The highest BCUT2D eigenvalue weighted by molar-refractivity contribution is 14.1. The van der Waals surface area contributed by atoms with Gasteiger partial charge in [-0.1, -0.05) is 31.9 Å². The predicted molar refractivity (Wildman–Crippen MR) is 71.6 cm³/mol.